The number of rotatable bonds is 6. The number of amides is 1. The van der Waals surface area contributed by atoms with Crippen molar-refractivity contribution in [3.63, 3.8) is 0 Å². The second kappa shape index (κ2) is 6.57. The molecule has 9 nitrogen and oxygen atoms in total. The Morgan fingerprint density at radius 3 is 2.48 bits per heavy atom. The lowest BCUT2D eigenvalue weighted by Crippen LogP contribution is -2.36. The van der Waals surface area contributed by atoms with Crippen molar-refractivity contribution in [1.29, 1.82) is 0 Å². The molecule has 0 saturated carbocycles. The van der Waals surface area contributed by atoms with Crippen LogP contribution in [0.5, 0.6) is 0 Å². The van der Waals surface area contributed by atoms with E-state index in [1.807, 2.05) is 0 Å². The van der Waals surface area contributed by atoms with Crippen LogP contribution in [0.2, 0.25) is 0 Å². The van der Waals surface area contributed by atoms with Crippen molar-refractivity contribution in [2.75, 3.05) is 18.1 Å². The third kappa shape index (κ3) is 3.60. The van der Waals surface area contributed by atoms with Gasteiger partial charge in [-0.15, -0.1) is 5.10 Å². The molecule has 0 atom stereocenters. The van der Waals surface area contributed by atoms with Gasteiger partial charge in [-0.3, -0.25) is 4.79 Å². The van der Waals surface area contributed by atoms with Gasteiger partial charge in [0.2, 0.25) is 5.91 Å². The predicted octanol–water partition coefficient (Wildman–Crippen LogP) is -0.603. The fraction of sp³-hybridized carbons (Fsp3) is 0.250. The van der Waals surface area contributed by atoms with Gasteiger partial charge in [0.05, 0.1) is 12.2 Å². The van der Waals surface area contributed by atoms with Crippen molar-refractivity contribution < 1.29 is 19.8 Å². The molecule has 1 heterocycles. The Morgan fingerprint density at radius 1 is 1.24 bits per heavy atom. The number of aliphatic hydroxyl groups is 1. The quantitative estimate of drug-likeness (QED) is 0.728. The van der Waals surface area contributed by atoms with Gasteiger partial charge >= 0.3 is 5.97 Å². The summed E-state index contributed by atoms with van der Waals surface area (Å²) in [5, 5.41) is 28.4. The lowest BCUT2D eigenvalue weighted by molar-refractivity contribution is -0.119. The monoisotopic (exact) mass is 291 g/mol. The van der Waals surface area contributed by atoms with Crippen molar-refractivity contribution in [2.45, 2.75) is 6.54 Å². The molecule has 1 aromatic carbocycles. The van der Waals surface area contributed by atoms with Crippen LogP contribution in [0.1, 0.15) is 10.4 Å². The summed E-state index contributed by atoms with van der Waals surface area (Å²) in [6.45, 7) is -0.205. The first-order chi connectivity index (χ1) is 10.1. The van der Waals surface area contributed by atoms with Gasteiger partial charge in [-0.2, -0.15) is 0 Å². The summed E-state index contributed by atoms with van der Waals surface area (Å²) in [5.41, 5.74) is 0.614. The maximum absolute atomic E-state index is 12.2. The lowest BCUT2D eigenvalue weighted by Gasteiger charge is -2.21. The predicted molar refractivity (Wildman–Crippen MR) is 70.7 cm³/mol. The Kier molecular flexibility index (Phi) is 4.57. The fourth-order valence-corrected chi connectivity index (χ4v) is 1.76. The maximum Gasteiger partial charge on any atom is 0.335 e. The van der Waals surface area contributed by atoms with Gasteiger partial charge < -0.3 is 15.1 Å². The number of hydrogen-bond donors (Lipinski definition) is 2. The van der Waals surface area contributed by atoms with Crippen molar-refractivity contribution in [1.82, 2.24) is 20.2 Å². The molecule has 1 amide bonds. The molecular formula is C12H13N5O4. The number of carboxylic acid groups (broad SMARTS) is 1. The first-order valence-corrected chi connectivity index (χ1v) is 6.07. The maximum atomic E-state index is 12.2. The van der Waals surface area contributed by atoms with Crippen molar-refractivity contribution in [2.24, 2.45) is 0 Å². The molecule has 0 fully saturated rings. The van der Waals surface area contributed by atoms with E-state index in [4.69, 9.17) is 10.2 Å². The number of aliphatic hydroxyl groups excluding tert-OH is 1. The molecule has 2 aromatic rings. The third-order valence-corrected chi connectivity index (χ3v) is 2.74. The Labute approximate surface area is 119 Å². The van der Waals surface area contributed by atoms with Gasteiger partial charge in [0.1, 0.15) is 12.9 Å². The molecule has 0 aliphatic carbocycles. The van der Waals surface area contributed by atoms with Gasteiger partial charge in [-0.25, -0.2) is 9.48 Å². The summed E-state index contributed by atoms with van der Waals surface area (Å²) in [7, 11) is 0. The molecule has 0 saturated heterocycles. The Bertz CT molecular complexity index is 611. The first kappa shape index (κ1) is 14.6. The summed E-state index contributed by atoms with van der Waals surface area (Å²) in [4.78, 5) is 24.3. The van der Waals surface area contributed by atoms with E-state index in [9.17, 15) is 9.59 Å². The summed E-state index contributed by atoms with van der Waals surface area (Å²) in [6.07, 6.45) is 1.31. The number of carbonyl (C=O) groups is 2. The SMILES string of the molecule is O=C(O)c1ccc(N(CCO)C(=O)Cn2cnnn2)cc1. The number of nitrogens with zero attached hydrogens (tertiary/aromatic N) is 5. The molecular weight excluding hydrogens is 278 g/mol. The number of aromatic carboxylic acids is 1. The summed E-state index contributed by atoms with van der Waals surface area (Å²) in [6, 6.07) is 5.81. The molecule has 9 heteroatoms. The van der Waals surface area contributed by atoms with E-state index >= 15 is 0 Å². The zero-order chi connectivity index (χ0) is 15.2. The van der Waals surface area contributed by atoms with Crippen LogP contribution in [0, 0.1) is 0 Å². The molecule has 0 aliphatic heterocycles. The summed E-state index contributed by atoms with van der Waals surface area (Å²) >= 11 is 0. The highest BCUT2D eigenvalue weighted by molar-refractivity contribution is 5.94. The second-order valence-electron chi connectivity index (χ2n) is 4.13. The van der Waals surface area contributed by atoms with E-state index in [1.54, 1.807) is 0 Å². The molecule has 0 radical (unpaired) electrons. The normalized spacial score (nSPS) is 10.3. The van der Waals surface area contributed by atoms with E-state index in [1.165, 1.54) is 40.2 Å². The highest BCUT2D eigenvalue weighted by Gasteiger charge is 2.16. The summed E-state index contributed by atoms with van der Waals surface area (Å²) in [5.74, 6) is -1.37. The van der Waals surface area contributed by atoms with E-state index in [0.717, 1.165) is 0 Å². The Balaban J connectivity index is 2.17. The fourth-order valence-electron chi connectivity index (χ4n) is 1.76. The number of benzene rings is 1. The van der Waals surface area contributed by atoms with E-state index < -0.39 is 5.97 Å². The zero-order valence-electron chi connectivity index (χ0n) is 11.0. The highest BCUT2D eigenvalue weighted by Crippen LogP contribution is 2.16. The molecule has 2 rings (SSSR count). The second-order valence-corrected chi connectivity index (χ2v) is 4.13. The first-order valence-electron chi connectivity index (χ1n) is 6.07. The lowest BCUT2D eigenvalue weighted by atomic mass is 10.2. The van der Waals surface area contributed by atoms with E-state index in [2.05, 4.69) is 15.5 Å². The standard InChI is InChI=1S/C12H13N5O4/c18-6-5-17(11(19)7-16-8-13-14-15-16)10-3-1-9(2-4-10)12(20)21/h1-4,8,18H,5-7H2,(H,20,21). The molecule has 0 unspecified atom stereocenters. The van der Waals surface area contributed by atoms with Crippen LogP contribution in [0.4, 0.5) is 5.69 Å². The number of carboxylic acids is 1. The number of hydrogen-bond acceptors (Lipinski definition) is 6. The minimum atomic E-state index is -1.05. The molecule has 110 valence electrons. The van der Waals surface area contributed by atoms with Gasteiger partial charge in [0, 0.05) is 12.2 Å². The van der Waals surface area contributed by atoms with E-state index in [-0.39, 0.29) is 31.2 Å². The van der Waals surface area contributed by atoms with Gasteiger partial charge in [0.25, 0.3) is 0 Å². The van der Waals surface area contributed by atoms with Crippen LogP contribution in [-0.2, 0) is 11.3 Å². The van der Waals surface area contributed by atoms with Gasteiger partial charge in [0.15, 0.2) is 0 Å². The van der Waals surface area contributed by atoms with Crippen molar-refractivity contribution in [3.05, 3.63) is 36.2 Å². The van der Waals surface area contributed by atoms with Crippen molar-refractivity contribution in [3.8, 4) is 0 Å². The average Bonchev–Trinajstić information content (AvgIpc) is 2.97. The molecule has 0 bridgehead atoms. The minimum Gasteiger partial charge on any atom is -0.478 e. The largest absolute Gasteiger partial charge is 0.478 e. The minimum absolute atomic E-state index is 0.0757. The van der Waals surface area contributed by atoms with Crippen LogP contribution in [0.25, 0.3) is 0 Å². The number of tetrazole rings is 1. The molecule has 21 heavy (non-hydrogen) atoms. The topological polar surface area (TPSA) is 121 Å². The molecule has 0 aliphatic rings. The summed E-state index contributed by atoms with van der Waals surface area (Å²) < 4.78 is 1.26. The van der Waals surface area contributed by atoms with Crippen LogP contribution in [-0.4, -0.2) is 55.4 Å². The Morgan fingerprint density at radius 2 is 1.95 bits per heavy atom. The molecule has 2 N–H and O–H groups in total. The van der Waals surface area contributed by atoms with Crippen molar-refractivity contribution >= 4 is 17.6 Å². The average molecular weight is 291 g/mol. The van der Waals surface area contributed by atoms with Crippen LogP contribution >= 0.6 is 0 Å². The van der Waals surface area contributed by atoms with Gasteiger partial charge in [-0.05, 0) is 34.7 Å². The zero-order valence-corrected chi connectivity index (χ0v) is 11.0. The molecule has 1 aromatic heterocycles. The highest BCUT2D eigenvalue weighted by atomic mass is 16.4. The van der Waals surface area contributed by atoms with Crippen LogP contribution in [0.15, 0.2) is 30.6 Å². The van der Waals surface area contributed by atoms with Crippen LogP contribution < -0.4 is 4.90 Å². The van der Waals surface area contributed by atoms with Crippen LogP contribution in [0.3, 0.4) is 0 Å². The van der Waals surface area contributed by atoms with Gasteiger partial charge in [-0.1, -0.05) is 0 Å². The number of anilines is 1. The number of aromatic nitrogens is 4. The van der Waals surface area contributed by atoms with E-state index in [0.29, 0.717) is 5.69 Å². The molecule has 0 spiro atoms. The third-order valence-electron chi connectivity index (χ3n) is 2.74. The smallest absolute Gasteiger partial charge is 0.335 e. The number of carbonyl (C=O) groups excluding carboxylic acids is 1. The Hall–Kier alpha value is -2.81.